The van der Waals surface area contributed by atoms with Crippen molar-refractivity contribution in [2.45, 2.75) is 64.7 Å². The van der Waals surface area contributed by atoms with Gasteiger partial charge in [-0.05, 0) is 43.0 Å². The summed E-state index contributed by atoms with van der Waals surface area (Å²) >= 11 is 0. The standard InChI is InChI=1S/C18H28O2/c1-2-10-16-15-17-11-12-18(16)20-14-9-7-5-3-4-6-8-13-19-17/h11-12,15H,2-10,13-14H2,1H3. The van der Waals surface area contributed by atoms with Gasteiger partial charge in [-0.25, -0.2) is 0 Å². The van der Waals surface area contributed by atoms with E-state index in [0.717, 1.165) is 37.6 Å². The Kier molecular flexibility index (Phi) is 6.76. The fourth-order valence-electron chi connectivity index (χ4n) is 2.71. The van der Waals surface area contributed by atoms with Gasteiger partial charge in [-0.2, -0.15) is 0 Å². The zero-order chi connectivity index (χ0) is 14.0. The van der Waals surface area contributed by atoms with Crippen molar-refractivity contribution in [1.82, 2.24) is 0 Å². The molecule has 1 aromatic carbocycles. The molecule has 2 heterocycles. The molecule has 2 nitrogen and oxygen atoms in total. The van der Waals surface area contributed by atoms with Gasteiger partial charge in [0.15, 0.2) is 0 Å². The van der Waals surface area contributed by atoms with Crippen molar-refractivity contribution in [2.24, 2.45) is 0 Å². The predicted octanol–water partition coefficient (Wildman–Crippen LogP) is 5.14. The number of hydrogen-bond acceptors (Lipinski definition) is 2. The maximum atomic E-state index is 5.96. The molecule has 0 aliphatic carbocycles. The lowest BCUT2D eigenvalue weighted by molar-refractivity contribution is 0.298. The van der Waals surface area contributed by atoms with Gasteiger partial charge in [-0.15, -0.1) is 0 Å². The highest BCUT2D eigenvalue weighted by atomic mass is 16.5. The Hall–Kier alpha value is -1.18. The molecular weight excluding hydrogens is 248 g/mol. The van der Waals surface area contributed by atoms with Crippen molar-refractivity contribution in [3.05, 3.63) is 23.8 Å². The van der Waals surface area contributed by atoms with E-state index in [2.05, 4.69) is 19.1 Å². The second-order valence-corrected chi connectivity index (χ2v) is 5.69. The number of ether oxygens (including phenoxy) is 2. The van der Waals surface area contributed by atoms with Gasteiger partial charge in [-0.3, -0.25) is 0 Å². The van der Waals surface area contributed by atoms with E-state index in [1.807, 2.05) is 6.07 Å². The molecule has 20 heavy (non-hydrogen) atoms. The highest BCUT2D eigenvalue weighted by Crippen LogP contribution is 2.26. The van der Waals surface area contributed by atoms with Crippen LogP contribution in [-0.2, 0) is 6.42 Å². The molecule has 0 amide bonds. The van der Waals surface area contributed by atoms with E-state index in [4.69, 9.17) is 9.47 Å². The summed E-state index contributed by atoms with van der Waals surface area (Å²) in [7, 11) is 0. The van der Waals surface area contributed by atoms with Gasteiger partial charge in [0, 0.05) is 0 Å². The Morgan fingerprint density at radius 3 is 2.20 bits per heavy atom. The summed E-state index contributed by atoms with van der Waals surface area (Å²) in [5.74, 6) is 2.05. The molecule has 0 unspecified atom stereocenters. The third-order valence-electron chi connectivity index (χ3n) is 3.87. The summed E-state index contributed by atoms with van der Waals surface area (Å²) in [6, 6.07) is 6.30. The van der Waals surface area contributed by atoms with E-state index in [1.165, 1.54) is 50.5 Å². The first-order valence-electron chi connectivity index (χ1n) is 8.28. The minimum absolute atomic E-state index is 0.839. The van der Waals surface area contributed by atoms with Crippen LogP contribution in [-0.4, -0.2) is 13.2 Å². The number of rotatable bonds is 2. The molecule has 2 aliphatic heterocycles. The van der Waals surface area contributed by atoms with Crippen LogP contribution in [0.5, 0.6) is 11.5 Å². The average Bonchev–Trinajstić information content (AvgIpc) is 2.47. The van der Waals surface area contributed by atoms with Gasteiger partial charge in [0.25, 0.3) is 0 Å². The van der Waals surface area contributed by atoms with E-state index in [-0.39, 0.29) is 0 Å². The Bertz CT molecular complexity index is 387. The Balaban J connectivity index is 2.04. The zero-order valence-corrected chi connectivity index (χ0v) is 12.8. The summed E-state index contributed by atoms with van der Waals surface area (Å²) in [6.07, 6.45) is 11.1. The summed E-state index contributed by atoms with van der Waals surface area (Å²) in [4.78, 5) is 0. The van der Waals surface area contributed by atoms with E-state index < -0.39 is 0 Å². The molecule has 0 atom stereocenters. The van der Waals surface area contributed by atoms with Gasteiger partial charge < -0.3 is 9.47 Å². The lowest BCUT2D eigenvalue weighted by atomic mass is 10.1. The molecule has 3 rings (SSSR count). The van der Waals surface area contributed by atoms with Crippen LogP contribution >= 0.6 is 0 Å². The van der Waals surface area contributed by atoms with E-state index in [0.29, 0.717) is 0 Å². The fraction of sp³-hybridized carbons (Fsp3) is 0.667. The molecule has 0 radical (unpaired) electrons. The normalized spacial score (nSPS) is 17.6. The van der Waals surface area contributed by atoms with Gasteiger partial charge in [-0.1, -0.05) is 45.4 Å². The summed E-state index contributed by atoms with van der Waals surface area (Å²) in [6.45, 7) is 3.89. The second kappa shape index (κ2) is 8.89. The van der Waals surface area contributed by atoms with Crippen LogP contribution in [0.25, 0.3) is 0 Å². The zero-order valence-electron chi connectivity index (χ0n) is 12.8. The lowest BCUT2D eigenvalue weighted by Gasteiger charge is -2.13. The number of benzene rings is 1. The SMILES string of the molecule is CCCc1cc2ccc1OCCCCCCCCCO2. The van der Waals surface area contributed by atoms with Crippen molar-refractivity contribution in [1.29, 1.82) is 0 Å². The molecule has 0 saturated carbocycles. The summed E-state index contributed by atoms with van der Waals surface area (Å²) in [5.41, 5.74) is 1.29. The van der Waals surface area contributed by atoms with Gasteiger partial charge in [0.05, 0.1) is 13.2 Å². The molecule has 112 valence electrons. The van der Waals surface area contributed by atoms with Gasteiger partial charge in [0.1, 0.15) is 11.5 Å². The summed E-state index contributed by atoms with van der Waals surface area (Å²) in [5, 5.41) is 0. The van der Waals surface area contributed by atoms with Crippen molar-refractivity contribution in [3.63, 3.8) is 0 Å². The largest absolute Gasteiger partial charge is 0.494 e. The monoisotopic (exact) mass is 276 g/mol. The fourth-order valence-corrected chi connectivity index (χ4v) is 2.71. The highest BCUT2D eigenvalue weighted by molar-refractivity contribution is 5.40. The van der Waals surface area contributed by atoms with Crippen molar-refractivity contribution in [2.75, 3.05) is 13.2 Å². The first-order valence-corrected chi connectivity index (χ1v) is 8.28. The van der Waals surface area contributed by atoms with Crippen LogP contribution < -0.4 is 9.47 Å². The summed E-state index contributed by atoms with van der Waals surface area (Å²) < 4.78 is 11.8. The Morgan fingerprint density at radius 2 is 1.50 bits per heavy atom. The van der Waals surface area contributed by atoms with E-state index in [9.17, 15) is 0 Å². The third-order valence-corrected chi connectivity index (χ3v) is 3.87. The van der Waals surface area contributed by atoms with Crippen molar-refractivity contribution < 1.29 is 9.47 Å². The number of fused-ring (bicyclic) bond motifs is 12. The van der Waals surface area contributed by atoms with Gasteiger partial charge >= 0.3 is 0 Å². The number of aryl methyl sites for hydroxylation is 1. The van der Waals surface area contributed by atoms with Crippen LogP contribution in [0, 0.1) is 0 Å². The topological polar surface area (TPSA) is 18.5 Å². The first kappa shape index (κ1) is 15.2. The maximum Gasteiger partial charge on any atom is 0.122 e. The van der Waals surface area contributed by atoms with Gasteiger partial charge in [0.2, 0.25) is 0 Å². The molecule has 2 bridgehead atoms. The molecule has 2 aliphatic rings. The molecule has 0 saturated heterocycles. The van der Waals surface area contributed by atoms with Crippen LogP contribution in [0.15, 0.2) is 18.2 Å². The van der Waals surface area contributed by atoms with Crippen LogP contribution in [0.2, 0.25) is 0 Å². The number of hydrogen-bond donors (Lipinski definition) is 0. The Morgan fingerprint density at radius 1 is 0.850 bits per heavy atom. The molecule has 1 aromatic rings. The van der Waals surface area contributed by atoms with Crippen LogP contribution in [0.3, 0.4) is 0 Å². The van der Waals surface area contributed by atoms with E-state index >= 15 is 0 Å². The second-order valence-electron chi connectivity index (χ2n) is 5.69. The smallest absolute Gasteiger partial charge is 0.122 e. The molecule has 0 N–H and O–H groups in total. The molecule has 0 aromatic heterocycles. The van der Waals surface area contributed by atoms with Crippen molar-refractivity contribution >= 4 is 0 Å². The minimum Gasteiger partial charge on any atom is -0.494 e. The van der Waals surface area contributed by atoms with Crippen LogP contribution in [0.4, 0.5) is 0 Å². The molecule has 0 spiro atoms. The van der Waals surface area contributed by atoms with Crippen LogP contribution in [0.1, 0.15) is 63.9 Å². The Labute approximate surface area is 123 Å². The minimum atomic E-state index is 0.839. The molecule has 0 fully saturated rings. The van der Waals surface area contributed by atoms with Crippen molar-refractivity contribution in [3.8, 4) is 11.5 Å². The predicted molar refractivity (Wildman–Crippen MR) is 83.7 cm³/mol. The molecular formula is C18H28O2. The lowest BCUT2D eigenvalue weighted by Crippen LogP contribution is -2.02. The molecule has 2 heteroatoms. The highest BCUT2D eigenvalue weighted by Gasteiger charge is 2.06. The average molecular weight is 276 g/mol. The first-order chi connectivity index (χ1) is 9.90. The quantitative estimate of drug-likeness (QED) is 0.744. The van der Waals surface area contributed by atoms with E-state index in [1.54, 1.807) is 0 Å². The third kappa shape index (κ3) is 5.07. The maximum absolute atomic E-state index is 5.96.